The predicted molar refractivity (Wildman–Crippen MR) is 61.0 cm³/mol. The van der Waals surface area contributed by atoms with Crippen LogP contribution in [0.2, 0.25) is 39.3 Å². The van der Waals surface area contributed by atoms with E-state index in [2.05, 4.69) is 39.3 Å². The summed E-state index contributed by atoms with van der Waals surface area (Å²) in [4.78, 5) is 0. The molecular weight excluding hydrogens is 191 g/mol. The zero-order valence-corrected chi connectivity index (χ0v) is 11.6. The molecule has 0 saturated heterocycles. The third-order valence-corrected chi connectivity index (χ3v) is 32.9. The topological polar surface area (TPSA) is 0 Å². The van der Waals surface area contributed by atoms with Gasteiger partial charge in [-0.2, -0.15) is 0 Å². The van der Waals surface area contributed by atoms with Crippen molar-refractivity contribution in [3.8, 4) is 0 Å². The number of hydrogen-bond acceptors (Lipinski definition) is 1. The van der Waals surface area contributed by atoms with Gasteiger partial charge in [-0.25, -0.2) is 0 Å². The Morgan fingerprint density at radius 3 is 1.00 bits per heavy atom. The third-order valence-electron chi connectivity index (χ3n) is 1.22. The summed E-state index contributed by atoms with van der Waals surface area (Å²) in [6, 6.07) is 0. The minimum Gasteiger partial charge on any atom is -0.0287 e. The lowest BCUT2D eigenvalue weighted by atomic mass is 11.8. The van der Waals surface area contributed by atoms with Crippen LogP contribution in [0.25, 0.3) is 0 Å². The fraction of sp³-hybridized carbons (Fsp3) is 1.00. The molecule has 4 heteroatoms. The van der Waals surface area contributed by atoms with E-state index in [0.717, 1.165) is 0 Å². The molecule has 0 aromatic carbocycles. The van der Waals surface area contributed by atoms with Crippen LogP contribution in [0.15, 0.2) is 0 Å². The van der Waals surface area contributed by atoms with Crippen LogP contribution in [-0.4, -0.2) is 15.5 Å². The number of hydrogen-bond donors (Lipinski definition) is 0. The fourth-order valence-corrected chi connectivity index (χ4v) is 27.2. The van der Waals surface area contributed by atoms with Crippen LogP contribution in [0.4, 0.5) is 0 Å². The molecule has 0 spiro atoms. The molecule has 10 heavy (non-hydrogen) atoms. The molecular formula is C6H18PSSi2+. The molecule has 0 bridgehead atoms. The van der Waals surface area contributed by atoms with Crippen LogP contribution >= 0.6 is 5.79 Å². The van der Waals surface area contributed by atoms with Crippen LogP contribution in [0.3, 0.4) is 0 Å². The lowest BCUT2D eigenvalue weighted by Gasteiger charge is -2.14. The summed E-state index contributed by atoms with van der Waals surface area (Å²) >= 11 is 5.60. The quantitative estimate of drug-likeness (QED) is 0.495. The molecule has 0 N–H and O–H groups in total. The molecule has 0 rings (SSSR count). The van der Waals surface area contributed by atoms with Crippen LogP contribution in [-0.2, 0) is 11.8 Å². The van der Waals surface area contributed by atoms with Gasteiger partial charge < -0.3 is 0 Å². The summed E-state index contributed by atoms with van der Waals surface area (Å²) in [5.74, 6) is -0.00154. The second kappa shape index (κ2) is 3.14. The highest BCUT2D eigenvalue weighted by molar-refractivity contribution is 8.37. The molecule has 0 nitrogen and oxygen atoms in total. The van der Waals surface area contributed by atoms with E-state index in [9.17, 15) is 0 Å². The molecule has 0 heterocycles. The first-order chi connectivity index (χ1) is 4.15. The summed E-state index contributed by atoms with van der Waals surface area (Å²) in [6.07, 6.45) is 0. The van der Waals surface area contributed by atoms with Crippen molar-refractivity contribution in [2.75, 3.05) is 0 Å². The lowest BCUT2D eigenvalue weighted by molar-refractivity contribution is 1.84. The minimum atomic E-state index is -0.955. The predicted octanol–water partition coefficient (Wildman–Crippen LogP) is 3.60. The van der Waals surface area contributed by atoms with Crippen molar-refractivity contribution in [3.05, 3.63) is 0 Å². The van der Waals surface area contributed by atoms with Crippen molar-refractivity contribution in [2.24, 2.45) is 0 Å². The van der Waals surface area contributed by atoms with E-state index in [1.165, 1.54) is 0 Å². The maximum absolute atomic E-state index is 5.60. The maximum Gasteiger partial charge on any atom is 0.277 e. The van der Waals surface area contributed by atoms with Crippen LogP contribution in [0.1, 0.15) is 0 Å². The molecule has 0 atom stereocenters. The largest absolute Gasteiger partial charge is 0.277 e. The maximum atomic E-state index is 5.60. The molecule has 0 aliphatic rings. The summed E-state index contributed by atoms with van der Waals surface area (Å²) in [5, 5.41) is 0. The second-order valence-electron chi connectivity index (χ2n) is 4.64. The van der Waals surface area contributed by atoms with Gasteiger partial charge in [-0.15, -0.1) is 0 Å². The van der Waals surface area contributed by atoms with E-state index >= 15 is 0 Å². The summed E-state index contributed by atoms with van der Waals surface area (Å²) in [6.45, 7) is 14.4. The van der Waals surface area contributed by atoms with E-state index in [0.29, 0.717) is 0 Å². The molecule has 0 saturated carbocycles. The van der Waals surface area contributed by atoms with Crippen molar-refractivity contribution >= 4 is 33.1 Å². The Bertz CT molecular complexity index is 127. The zero-order chi connectivity index (χ0) is 8.58. The molecule has 0 aromatic rings. The van der Waals surface area contributed by atoms with E-state index in [4.69, 9.17) is 11.8 Å². The van der Waals surface area contributed by atoms with Crippen molar-refractivity contribution < 1.29 is 0 Å². The van der Waals surface area contributed by atoms with E-state index in [1.807, 2.05) is 0 Å². The molecule has 0 unspecified atom stereocenters. The van der Waals surface area contributed by atoms with Crippen LogP contribution < -0.4 is 0 Å². The Kier molecular flexibility index (Phi) is 3.43. The summed E-state index contributed by atoms with van der Waals surface area (Å²) in [7, 11) is -1.91. The average molecular weight is 209 g/mol. The van der Waals surface area contributed by atoms with E-state index < -0.39 is 15.5 Å². The lowest BCUT2D eigenvalue weighted by Crippen LogP contribution is -2.27. The highest BCUT2D eigenvalue weighted by Gasteiger charge is 2.43. The zero-order valence-electron chi connectivity index (χ0n) is 7.86. The molecule has 0 aliphatic carbocycles. The first-order valence-corrected chi connectivity index (χ1v) is 14.7. The third kappa shape index (κ3) is 3.38. The smallest absolute Gasteiger partial charge is 0.0287 e. The van der Waals surface area contributed by atoms with Gasteiger partial charge in [-0.1, -0.05) is 0 Å². The average Bonchev–Trinajstić information content (AvgIpc) is 1.59. The second-order valence-corrected chi connectivity index (χ2v) is 29.0. The van der Waals surface area contributed by atoms with Crippen molar-refractivity contribution in [1.29, 1.82) is 0 Å². The monoisotopic (exact) mass is 209 g/mol. The first kappa shape index (κ1) is 11.0. The van der Waals surface area contributed by atoms with Gasteiger partial charge in [-0.05, 0) is 39.3 Å². The highest BCUT2D eigenvalue weighted by Crippen LogP contribution is 2.44. The summed E-state index contributed by atoms with van der Waals surface area (Å²) < 4.78 is 0. The Labute approximate surface area is 72.6 Å². The van der Waals surface area contributed by atoms with Crippen molar-refractivity contribution in [3.63, 3.8) is 0 Å². The highest BCUT2D eigenvalue weighted by atomic mass is 32.5. The van der Waals surface area contributed by atoms with Gasteiger partial charge in [0.2, 0.25) is 0 Å². The Balaban J connectivity index is 4.40. The van der Waals surface area contributed by atoms with Gasteiger partial charge in [0, 0.05) is 0 Å². The molecule has 60 valence electrons. The SMILES string of the molecule is C[Si](C)(C)[P+](=S)[Si](C)(C)C. The molecule has 0 aromatic heterocycles. The Morgan fingerprint density at radius 2 is 1.00 bits per heavy atom. The number of rotatable bonds is 2. The van der Waals surface area contributed by atoms with Gasteiger partial charge >= 0.3 is 0 Å². The molecule has 0 aliphatic heterocycles. The van der Waals surface area contributed by atoms with E-state index in [1.54, 1.807) is 0 Å². The molecule has 0 radical (unpaired) electrons. The fourth-order valence-electron chi connectivity index (χ4n) is 1.01. The van der Waals surface area contributed by atoms with Gasteiger partial charge in [0.1, 0.15) is 11.8 Å². The van der Waals surface area contributed by atoms with Crippen molar-refractivity contribution in [2.45, 2.75) is 39.3 Å². The van der Waals surface area contributed by atoms with Gasteiger partial charge in [0.25, 0.3) is 15.5 Å². The van der Waals surface area contributed by atoms with Gasteiger partial charge in [0.15, 0.2) is 0 Å². The summed E-state index contributed by atoms with van der Waals surface area (Å²) in [5.41, 5.74) is 0. The Morgan fingerprint density at radius 1 is 0.800 bits per heavy atom. The normalized spacial score (nSPS) is 13.4. The van der Waals surface area contributed by atoms with Crippen molar-refractivity contribution in [1.82, 2.24) is 0 Å². The van der Waals surface area contributed by atoms with Crippen LogP contribution in [0.5, 0.6) is 0 Å². The molecule has 0 fully saturated rings. The van der Waals surface area contributed by atoms with E-state index in [-0.39, 0.29) is 5.79 Å². The van der Waals surface area contributed by atoms with Gasteiger partial charge in [-0.3, -0.25) is 0 Å². The minimum absolute atomic E-state index is 0.00154. The molecule has 0 amide bonds. The van der Waals surface area contributed by atoms with Crippen LogP contribution in [0, 0.1) is 0 Å². The van der Waals surface area contributed by atoms with Gasteiger partial charge in [0.05, 0.1) is 5.79 Å². The Hall–Kier alpha value is 0.954. The first-order valence-electron chi connectivity index (χ1n) is 3.63. The standard InChI is InChI=1S/C6H18PSSi2/c1-9(2,3)7(8)10(4,5)6/h1-6H3/q+1.